The monoisotopic (exact) mass is 451 g/mol. The molecule has 7 heteroatoms. The maximum atomic E-state index is 13.2. The lowest BCUT2D eigenvalue weighted by atomic mass is 10.1. The number of nitrogens with one attached hydrogen (secondary N) is 1. The zero-order valence-corrected chi connectivity index (χ0v) is 17.2. The minimum absolute atomic E-state index is 0.0220. The molecule has 6 nitrogen and oxygen atoms in total. The molecule has 0 unspecified atom stereocenters. The minimum Gasteiger partial charge on any atom is -0.504 e. The molecule has 0 bridgehead atoms. The fourth-order valence-electron chi connectivity index (χ4n) is 3.06. The predicted molar refractivity (Wildman–Crippen MR) is 117 cm³/mol. The summed E-state index contributed by atoms with van der Waals surface area (Å²) in [5.41, 5.74) is 5.24. The Kier molecular flexibility index (Phi) is 5.22. The molecule has 1 heterocycles. The molecule has 3 aromatic carbocycles. The van der Waals surface area contributed by atoms with E-state index in [9.17, 15) is 9.90 Å². The Morgan fingerprint density at radius 2 is 1.86 bits per heavy atom. The first-order valence-electron chi connectivity index (χ1n) is 8.94. The fourth-order valence-corrected chi connectivity index (χ4v) is 3.33. The first kappa shape index (κ1) is 19.0. The summed E-state index contributed by atoms with van der Waals surface area (Å²) in [4.78, 5) is 17.9. The van der Waals surface area contributed by atoms with Gasteiger partial charge in [-0.2, -0.15) is 0 Å². The molecule has 0 spiro atoms. The summed E-state index contributed by atoms with van der Waals surface area (Å²) in [5, 5.41) is 10.4. The molecule has 0 aliphatic heterocycles. The van der Waals surface area contributed by atoms with Crippen LogP contribution in [0.25, 0.3) is 22.3 Å². The van der Waals surface area contributed by atoms with E-state index in [0.29, 0.717) is 34.6 Å². The van der Waals surface area contributed by atoms with Gasteiger partial charge in [0.25, 0.3) is 5.56 Å². The topological polar surface area (TPSA) is 76.4 Å². The number of para-hydroxylation sites is 1. The van der Waals surface area contributed by atoms with Crippen LogP contribution in [0, 0.1) is 0 Å². The van der Waals surface area contributed by atoms with Gasteiger partial charge in [0.05, 0.1) is 24.6 Å². The second-order valence-electron chi connectivity index (χ2n) is 6.44. The Labute approximate surface area is 175 Å². The van der Waals surface area contributed by atoms with Gasteiger partial charge in [-0.25, -0.2) is 9.66 Å². The average molecular weight is 452 g/mol. The summed E-state index contributed by atoms with van der Waals surface area (Å²) in [5.74, 6) is 0.766. The van der Waals surface area contributed by atoms with Crippen LogP contribution in [0.15, 0.2) is 76.0 Å². The first-order chi connectivity index (χ1) is 14.1. The third kappa shape index (κ3) is 3.82. The highest BCUT2D eigenvalue weighted by Crippen LogP contribution is 2.30. The van der Waals surface area contributed by atoms with E-state index >= 15 is 0 Å². The van der Waals surface area contributed by atoms with Crippen LogP contribution in [0.4, 0.5) is 0 Å². The van der Waals surface area contributed by atoms with Gasteiger partial charge in [0.2, 0.25) is 0 Å². The Morgan fingerprint density at radius 3 is 2.62 bits per heavy atom. The minimum atomic E-state index is -0.199. The standard InChI is InChI=1S/C22H18BrN3O3/c1-29-20-12-15(8-11-19(20)27)21-25-18-5-3-2-4-17(18)22(28)26(21)24-13-14-6-9-16(23)10-7-14/h2-12,24,27H,13H2,1H3. The van der Waals surface area contributed by atoms with Crippen LogP contribution in [0.2, 0.25) is 0 Å². The number of benzene rings is 3. The maximum Gasteiger partial charge on any atom is 0.280 e. The van der Waals surface area contributed by atoms with Crippen molar-refractivity contribution < 1.29 is 9.84 Å². The molecule has 0 amide bonds. The number of hydrogen-bond donors (Lipinski definition) is 2. The smallest absolute Gasteiger partial charge is 0.280 e. The lowest BCUT2D eigenvalue weighted by Gasteiger charge is -2.16. The second kappa shape index (κ2) is 7.97. The average Bonchev–Trinajstić information content (AvgIpc) is 2.74. The van der Waals surface area contributed by atoms with Crippen LogP contribution in [0.1, 0.15) is 5.56 Å². The van der Waals surface area contributed by atoms with Crippen LogP contribution in [-0.4, -0.2) is 21.9 Å². The van der Waals surface area contributed by atoms with E-state index in [-0.39, 0.29) is 11.3 Å². The summed E-state index contributed by atoms with van der Waals surface area (Å²) in [6, 6.07) is 19.9. The van der Waals surface area contributed by atoms with Gasteiger partial charge in [0.1, 0.15) is 0 Å². The first-order valence-corrected chi connectivity index (χ1v) is 9.73. The molecule has 4 aromatic rings. The zero-order valence-electron chi connectivity index (χ0n) is 15.6. The molecule has 2 N–H and O–H groups in total. The van der Waals surface area contributed by atoms with Crippen molar-refractivity contribution >= 4 is 26.8 Å². The van der Waals surface area contributed by atoms with Crippen LogP contribution < -0.4 is 15.7 Å². The number of hydrogen-bond acceptors (Lipinski definition) is 5. The number of fused-ring (bicyclic) bond motifs is 1. The third-order valence-corrected chi connectivity index (χ3v) is 5.10. The van der Waals surface area contributed by atoms with Gasteiger partial charge in [0, 0.05) is 10.0 Å². The number of aromatic nitrogens is 2. The highest BCUT2D eigenvalue weighted by molar-refractivity contribution is 9.10. The van der Waals surface area contributed by atoms with Gasteiger partial charge in [-0.15, -0.1) is 0 Å². The number of aromatic hydroxyl groups is 1. The van der Waals surface area contributed by atoms with Gasteiger partial charge in [-0.1, -0.05) is 40.2 Å². The van der Waals surface area contributed by atoms with Crippen molar-refractivity contribution in [2.75, 3.05) is 12.5 Å². The summed E-state index contributed by atoms with van der Waals surface area (Å²) in [6.07, 6.45) is 0. The maximum absolute atomic E-state index is 13.2. The predicted octanol–water partition coefficient (Wildman–Crippen LogP) is 4.28. The summed E-state index contributed by atoms with van der Waals surface area (Å²) >= 11 is 3.42. The van der Waals surface area contributed by atoms with E-state index in [1.807, 2.05) is 36.4 Å². The van der Waals surface area contributed by atoms with Crippen LogP contribution >= 0.6 is 15.9 Å². The second-order valence-corrected chi connectivity index (χ2v) is 7.36. The van der Waals surface area contributed by atoms with Crippen molar-refractivity contribution in [3.8, 4) is 22.9 Å². The van der Waals surface area contributed by atoms with Gasteiger partial charge >= 0.3 is 0 Å². The van der Waals surface area contributed by atoms with Crippen LogP contribution in [0.3, 0.4) is 0 Å². The van der Waals surface area contributed by atoms with Gasteiger partial charge in [0.15, 0.2) is 17.3 Å². The van der Waals surface area contributed by atoms with E-state index in [0.717, 1.165) is 10.0 Å². The van der Waals surface area contributed by atoms with Gasteiger partial charge in [-0.3, -0.25) is 4.79 Å². The lowest BCUT2D eigenvalue weighted by Crippen LogP contribution is -2.31. The fraction of sp³-hybridized carbons (Fsp3) is 0.0909. The van der Waals surface area contributed by atoms with E-state index in [1.165, 1.54) is 17.9 Å². The molecule has 0 aliphatic carbocycles. The van der Waals surface area contributed by atoms with Gasteiger partial charge in [-0.05, 0) is 48.0 Å². The van der Waals surface area contributed by atoms with Crippen LogP contribution in [-0.2, 0) is 6.54 Å². The van der Waals surface area contributed by atoms with Crippen molar-refractivity contribution in [3.63, 3.8) is 0 Å². The highest BCUT2D eigenvalue weighted by atomic mass is 79.9. The lowest BCUT2D eigenvalue weighted by molar-refractivity contribution is 0.373. The summed E-state index contributed by atoms with van der Waals surface area (Å²) in [6.45, 7) is 0.440. The Bertz CT molecular complexity index is 1240. The van der Waals surface area contributed by atoms with Crippen molar-refractivity contribution in [2.45, 2.75) is 6.54 Å². The molecule has 0 saturated heterocycles. The number of halogens is 1. The molecule has 1 aromatic heterocycles. The number of phenolic OH excluding ortho intramolecular Hbond substituents is 1. The third-order valence-electron chi connectivity index (χ3n) is 4.57. The molecule has 4 rings (SSSR count). The van der Waals surface area contributed by atoms with Crippen molar-refractivity contribution in [1.29, 1.82) is 0 Å². The molecule has 0 saturated carbocycles. The molecular weight excluding hydrogens is 434 g/mol. The zero-order chi connectivity index (χ0) is 20.4. The molecule has 29 heavy (non-hydrogen) atoms. The number of nitrogens with zero attached hydrogens (tertiary/aromatic N) is 2. The van der Waals surface area contributed by atoms with E-state index in [1.54, 1.807) is 24.3 Å². The Morgan fingerprint density at radius 1 is 1.10 bits per heavy atom. The summed E-state index contributed by atoms with van der Waals surface area (Å²) < 4.78 is 7.64. The Hall–Kier alpha value is -3.32. The molecule has 146 valence electrons. The number of phenols is 1. The van der Waals surface area contributed by atoms with E-state index in [4.69, 9.17) is 9.72 Å². The van der Waals surface area contributed by atoms with Crippen LogP contribution in [0.5, 0.6) is 11.5 Å². The number of rotatable bonds is 5. The quantitative estimate of drug-likeness (QED) is 0.473. The van der Waals surface area contributed by atoms with Crippen molar-refractivity contribution in [1.82, 2.24) is 9.66 Å². The van der Waals surface area contributed by atoms with Crippen molar-refractivity contribution in [2.24, 2.45) is 0 Å². The largest absolute Gasteiger partial charge is 0.504 e. The number of ether oxygens (including phenoxy) is 1. The Balaban J connectivity index is 1.84. The number of methoxy groups -OCH3 is 1. The van der Waals surface area contributed by atoms with E-state index in [2.05, 4.69) is 21.4 Å². The normalized spacial score (nSPS) is 10.8. The molecule has 0 aliphatic rings. The molecule has 0 radical (unpaired) electrons. The SMILES string of the molecule is COc1cc(-c2nc3ccccc3c(=O)n2NCc2ccc(Br)cc2)ccc1O. The van der Waals surface area contributed by atoms with Gasteiger partial charge < -0.3 is 15.3 Å². The molecule has 0 fully saturated rings. The highest BCUT2D eigenvalue weighted by Gasteiger charge is 2.14. The summed E-state index contributed by atoms with van der Waals surface area (Å²) in [7, 11) is 1.48. The van der Waals surface area contributed by atoms with Crippen molar-refractivity contribution in [3.05, 3.63) is 87.1 Å². The van der Waals surface area contributed by atoms with E-state index < -0.39 is 0 Å². The molecule has 0 atom stereocenters. The molecular formula is C22H18BrN3O3.